The lowest BCUT2D eigenvalue weighted by atomic mass is 10.2. The lowest BCUT2D eigenvalue weighted by Gasteiger charge is -2.18. The molecule has 96 valence electrons. The van der Waals surface area contributed by atoms with Crippen molar-refractivity contribution in [3.63, 3.8) is 0 Å². The zero-order chi connectivity index (χ0) is 13.4. The monoisotopic (exact) mass is 250 g/mol. The molecule has 0 bridgehead atoms. The molecule has 0 saturated carbocycles. The number of hydrogen-bond acceptors (Lipinski definition) is 4. The van der Waals surface area contributed by atoms with E-state index in [1.54, 1.807) is 32.3 Å². The number of benzene rings is 1. The SMILES string of the molecule is CC(O)C(=O)N(C)c1ccc2oc(=O)n(C)c2c1. The third-order valence-corrected chi connectivity index (χ3v) is 2.85. The molecule has 18 heavy (non-hydrogen) atoms. The van der Waals surface area contributed by atoms with Gasteiger partial charge in [0, 0.05) is 19.8 Å². The van der Waals surface area contributed by atoms with Crippen molar-refractivity contribution in [2.75, 3.05) is 11.9 Å². The van der Waals surface area contributed by atoms with Crippen molar-refractivity contribution in [1.82, 2.24) is 4.57 Å². The van der Waals surface area contributed by atoms with Crippen LogP contribution in [0.3, 0.4) is 0 Å². The first-order valence-corrected chi connectivity index (χ1v) is 5.47. The largest absolute Gasteiger partial charge is 0.419 e. The third kappa shape index (κ3) is 1.91. The Morgan fingerprint density at radius 2 is 2.17 bits per heavy atom. The van der Waals surface area contributed by atoms with Crippen molar-refractivity contribution < 1.29 is 14.3 Å². The Morgan fingerprint density at radius 3 is 2.78 bits per heavy atom. The fourth-order valence-corrected chi connectivity index (χ4v) is 1.73. The minimum absolute atomic E-state index is 0.414. The van der Waals surface area contributed by atoms with Gasteiger partial charge in [-0.05, 0) is 25.1 Å². The number of carbonyl (C=O) groups excluding carboxylic acids is 1. The van der Waals surface area contributed by atoms with E-state index in [9.17, 15) is 14.7 Å². The van der Waals surface area contributed by atoms with Crippen LogP contribution in [0.1, 0.15) is 6.92 Å². The van der Waals surface area contributed by atoms with Gasteiger partial charge in [0.15, 0.2) is 5.58 Å². The number of aryl methyl sites for hydroxylation is 1. The van der Waals surface area contributed by atoms with Crippen LogP contribution in [0.2, 0.25) is 0 Å². The van der Waals surface area contributed by atoms with Crippen LogP contribution in [-0.4, -0.2) is 28.7 Å². The van der Waals surface area contributed by atoms with Gasteiger partial charge in [0.05, 0.1) is 5.52 Å². The Labute approximate surface area is 103 Å². The number of aliphatic hydroxyl groups is 1. The summed E-state index contributed by atoms with van der Waals surface area (Å²) in [5.41, 5.74) is 1.65. The molecule has 1 atom stereocenters. The number of aromatic nitrogens is 1. The van der Waals surface area contributed by atoms with Crippen LogP contribution in [0, 0.1) is 0 Å². The highest BCUT2D eigenvalue weighted by Crippen LogP contribution is 2.20. The fraction of sp³-hybridized carbons (Fsp3) is 0.333. The molecule has 0 saturated heterocycles. The quantitative estimate of drug-likeness (QED) is 0.840. The van der Waals surface area contributed by atoms with E-state index in [1.807, 2.05) is 0 Å². The van der Waals surface area contributed by atoms with Crippen molar-refractivity contribution in [3.05, 3.63) is 28.7 Å². The predicted molar refractivity (Wildman–Crippen MR) is 66.5 cm³/mol. The second-order valence-corrected chi connectivity index (χ2v) is 4.15. The summed E-state index contributed by atoms with van der Waals surface area (Å²) in [4.78, 5) is 24.3. The standard InChI is InChI=1S/C12H14N2O4/c1-7(15)11(16)13(2)8-4-5-10-9(6-8)14(3)12(17)18-10/h4-7,15H,1-3H3. The number of aliphatic hydroxyl groups excluding tert-OH is 1. The van der Waals surface area contributed by atoms with Gasteiger partial charge in [-0.3, -0.25) is 9.36 Å². The number of amides is 1. The molecule has 0 radical (unpaired) electrons. The van der Waals surface area contributed by atoms with E-state index in [2.05, 4.69) is 0 Å². The van der Waals surface area contributed by atoms with Gasteiger partial charge in [0.1, 0.15) is 6.10 Å². The zero-order valence-corrected chi connectivity index (χ0v) is 10.4. The highest BCUT2D eigenvalue weighted by atomic mass is 16.4. The summed E-state index contributed by atoms with van der Waals surface area (Å²) < 4.78 is 6.36. The van der Waals surface area contributed by atoms with E-state index in [4.69, 9.17) is 4.42 Å². The maximum absolute atomic E-state index is 11.7. The minimum atomic E-state index is -1.07. The van der Waals surface area contributed by atoms with Crippen LogP contribution < -0.4 is 10.7 Å². The van der Waals surface area contributed by atoms with Crippen LogP contribution in [0.15, 0.2) is 27.4 Å². The van der Waals surface area contributed by atoms with Gasteiger partial charge in [0.25, 0.3) is 5.91 Å². The molecule has 6 heteroatoms. The molecule has 0 aliphatic rings. The van der Waals surface area contributed by atoms with Crippen molar-refractivity contribution in [2.24, 2.45) is 7.05 Å². The Hall–Kier alpha value is -2.08. The first kappa shape index (κ1) is 12.4. The molecular weight excluding hydrogens is 236 g/mol. The molecule has 2 rings (SSSR count). The average molecular weight is 250 g/mol. The molecule has 0 aliphatic carbocycles. The number of likely N-dealkylation sites (N-methyl/N-ethyl adjacent to an activating group) is 1. The molecule has 1 N–H and O–H groups in total. The van der Waals surface area contributed by atoms with Gasteiger partial charge in [-0.15, -0.1) is 0 Å². The van der Waals surface area contributed by atoms with Crippen molar-refractivity contribution in [3.8, 4) is 0 Å². The van der Waals surface area contributed by atoms with Gasteiger partial charge in [0.2, 0.25) is 0 Å². The molecule has 1 heterocycles. The fourth-order valence-electron chi connectivity index (χ4n) is 1.73. The highest BCUT2D eigenvalue weighted by Gasteiger charge is 2.17. The second-order valence-electron chi connectivity index (χ2n) is 4.15. The number of nitrogens with zero attached hydrogens (tertiary/aromatic N) is 2. The van der Waals surface area contributed by atoms with Crippen LogP contribution in [0.25, 0.3) is 11.1 Å². The summed E-state index contributed by atoms with van der Waals surface area (Å²) in [7, 11) is 3.16. The second kappa shape index (κ2) is 4.30. The van der Waals surface area contributed by atoms with Gasteiger partial charge in [-0.1, -0.05) is 0 Å². The number of oxazole rings is 1. The molecule has 0 spiro atoms. The van der Waals surface area contributed by atoms with Gasteiger partial charge < -0.3 is 14.4 Å². The molecule has 1 amide bonds. The first-order valence-electron chi connectivity index (χ1n) is 5.47. The first-order chi connectivity index (χ1) is 8.41. The van der Waals surface area contributed by atoms with Crippen LogP contribution >= 0.6 is 0 Å². The van der Waals surface area contributed by atoms with Gasteiger partial charge in [-0.2, -0.15) is 0 Å². The molecule has 1 unspecified atom stereocenters. The van der Waals surface area contributed by atoms with Crippen LogP contribution in [0.4, 0.5) is 5.69 Å². The van der Waals surface area contributed by atoms with E-state index in [1.165, 1.54) is 16.4 Å². The Bertz CT molecular complexity index is 654. The molecule has 2 aromatic rings. The Morgan fingerprint density at radius 1 is 1.50 bits per heavy atom. The molecule has 1 aromatic carbocycles. The molecular formula is C12H14N2O4. The van der Waals surface area contributed by atoms with Crippen molar-refractivity contribution in [1.29, 1.82) is 0 Å². The minimum Gasteiger partial charge on any atom is -0.408 e. The Balaban J connectivity index is 2.50. The molecule has 1 aromatic heterocycles. The summed E-state index contributed by atoms with van der Waals surface area (Å²) in [6, 6.07) is 4.95. The van der Waals surface area contributed by atoms with E-state index in [-0.39, 0.29) is 0 Å². The van der Waals surface area contributed by atoms with Gasteiger partial charge >= 0.3 is 5.76 Å². The summed E-state index contributed by atoms with van der Waals surface area (Å²) in [6.07, 6.45) is -1.07. The number of rotatable bonds is 2. The topological polar surface area (TPSA) is 75.7 Å². The van der Waals surface area contributed by atoms with Gasteiger partial charge in [-0.25, -0.2) is 4.79 Å². The smallest absolute Gasteiger partial charge is 0.408 e. The maximum Gasteiger partial charge on any atom is 0.419 e. The number of fused-ring (bicyclic) bond motifs is 1. The van der Waals surface area contributed by atoms with Crippen LogP contribution in [0.5, 0.6) is 0 Å². The van der Waals surface area contributed by atoms with E-state index < -0.39 is 17.8 Å². The lowest BCUT2D eigenvalue weighted by Crippen LogP contribution is -2.34. The molecule has 6 nitrogen and oxygen atoms in total. The van der Waals surface area contributed by atoms with E-state index in [0.717, 1.165) is 0 Å². The number of carbonyl (C=O) groups is 1. The zero-order valence-electron chi connectivity index (χ0n) is 10.4. The third-order valence-electron chi connectivity index (χ3n) is 2.85. The summed E-state index contributed by atoms with van der Waals surface area (Å²) >= 11 is 0. The summed E-state index contributed by atoms with van der Waals surface area (Å²) in [5, 5.41) is 9.26. The highest BCUT2D eigenvalue weighted by molar-refractivity contribution is 5.97. The van der Waals surface area contributed by atoms with E-state index >= 15 is 0 Å². The molecule has 0 aliphatic heterocycles. The molecule has 0 fully saturated rings. The predicted octanol–water partition coefficient (Wildman–Crippen LogP) is 0.475. The maximum atomic E-state index is 11.7. The summed E-state index contributed by atoms with van der Waals surface area (Å²) in [6.45, 7) is 1.41. The van der Waals surface area contributed by atoms with Crippen molar-refractivity contribution in [2.45, 2.75) is 13.0 Å². The lowest BCUT2D eigenvalue weighted by molar-refractivity contribution is -0.125. The normalized spacial score (nSPS) is 12.7. The Kier molecular flexibility index (Phi) is 2.96. The average Bonchev–Trinajstić information content (AvgIpc) is 2.63. The van der Waals surface area contributed by atoms with E-state index in [0.29, 0.717) is 16.8 Å². The number of hydrogen-bond donors (Lipinski definition) is 1. The summed E-state index contributed by atoms with van der Waals surface area (Å²) in [5.74, 6) is -0.866. The van der Waals surface area contributed by atoms with Crippen LogP contribution in [-0.2, 0) is 11.8 Å². The number of anilines is 1. The van der Waals surface area contributed by atoms with Crippen molar-refractivity contribution >= 4 is 22.7 Å².